The number of ether oxygens (including phenoxy) is 1. The van der Waals surface area contributed by atoms with Crippen LogP contribution in [0.15, 0.2) is 48.1 Å². The van der Waals surface area contributed by atoms with Gasteiger partial charge in [0.2, 0.25) is 5.91 Å². The maximum Gasteiger partial charge on any atom is 0.337 e. The highest BCUT2D eigenvalue weighted by Crippen LogP contribution is 2.26. The number of aliphatic hydroxyl groups is 2. The van der Waals surface area contributed by atoms with Crippen LogP contribution in [0.1, 0.15) is 103 Å². The van der Waals surface area contributed by atoms with E-state index < -0.39 is 47.8 Å². The molecule has 0 aliphatic heterocycles. The number of carboxylic acid groups (broad SMARTS) is 3. The number of carbonyl (C=O) groups excluding carboxylic acids is 2. The van der Waals surface area contributed by atoms with Crippen molar-refractivity contribution >= 4 is 29.6 Å². The number of nitrogens with one attached hydrogen (secondary N) is 1. The minimum Gasteiger partial charge on any atom is -0.490 e. The maximum absolute atomic E-state index is 13.3. The first kappa shape index (κ1) is 42.0. The normalized spacial score (nSPS) is 14.2. The van der Waals surface area contributed by atoms with Gasteiger partial charge in [-0.05, 0) is 62.0 Å². The number of allylic oxidation sites excluding steroid dienone is 1. The van der Waals surface area contributed by atoms with E-state index in [2.05, 4.69) is 12.2 Å². The first-order valence-corrected chi connectivity index (χ1v) is 16.7. The Bertz CT molecular complexity index is 1220. The van der Waals surface area contributed by atoms with E-state index in [0.717, 1.165) is 56.6 Å². The Balaban J connectivity index is 2.84. The van der Waals surface area contributed by atoms with Crippen LogP contribution in [0, 0.1) is 5.92 Å². The fraction of sp³-hybridized carbons (Fsp3) is 0.583. The van der Waals surface area contributed by atoms with Crippen LogP contribution in [0.4, 0.5) is 0 Å². The third kappa shape index (κ3) is 16.7. The molecular weight excluding hydrogens is 622 g/mol. The van der Waals surface area contributed by atoms with E-state index >= 15 is 0 Å². The molecule has 0 unspecified atom stereocenters. The fourth-order valence-electron chi connectivity index (χ4n) is 5.00. The van der Waals surface area contributed by atoms with Crippen LogP contribution < -0.4 is 10.1 Å². The van der Waals surface area contributed by atoms with E-state index in [0.29, 0.717) is 37.0 Å². The first-order chi connectivity index (χ1) is 22.8. The minimum atomic E-state index is -3.03. The Morgan fingerprint density at radius 2 is 1.50 bits per heavy atom. The molecule has 6 N–H and O–H groups in total. The lowest BCUT2D eigenvalue weighted by Crippen LogP contribution is -2.55. The Morgan fingerprint density at radius 3 is 2.04 bits per heavy atom. The molecule has 0 bridgehead atoms. The van der Waals surface area contributed by atoms with Crippen molar-refractivity contribution in [2.45, 2.75) is 115 Å². The van der Waals surface area contributed by atoms with Gasteiger partial charge in [0.1, 0.15) is 24.2 Å². The van der Waals surface area contributed by atoms with Crippen molar-refractivity contribution in [2.24, 2.45) is 5.92 Å². The van der Waals surface area contributed by atoms with Crippen molar-refractivity contribution in [1.82, 2.24) is 5.32 Å². The summed E-state index contributed by atoms with van der Waals surface area (Å²) >= 11 is 0. The van der Waals surface area contributed by atoms with Crippen molar-refractivity contribution in [3.05, 3.63) is 53.6 Å². The summed E-state index contributed by atoms with van der Waals surface area (Å²) in [5.41, 5.74) is -1.79. The van der Waals surface area contributed by atoms with Gasteiger partial charge in [-0.25, -0.2) is 9.59 Å². The number of hydrogen-bond donors (Lipinski definition) is 6. The number of aliphatic carboxylic acids is 3. The number of Topliss-reactive ketones (excluding diaryl/α,β-unsaturated/α-hetero) is 1. The molecule has 0 saturated heterocycles. The van der Waals surface area contributed by atoms with E-state index in [9.17, 15) is 44.4 Å². The second kappa shape index (κ2) is 23.3. The van der Waals surface area contributed by atoms with Crippen molar-refractivity contribution in [3.8, 4) is 5.75 Å². The summed E-state index contributed by atoms with van der Waals surface area (Å²) in [6, 6.07) is 4.89. The molecule has 12 nitrogen and oxygen atoms in total. The zero-order valence-corrected chi connectivity index (χ0v) is 28.2. The molecule has 0 aliphatic carbocycles. The quantitative estimate of drug-likeness (QED) is 0.0549. The summed E-state index contributed by atoms with van der Waals surface area (Å²) in [5, 5.41) is 51.1. The molecule has 1 amide bonds. The predicted molar refractivity (Wildman–Crippen MR) is 180 cm³/mol. The number of aliphatic hydroxyl groups excluding tert-OH is 1. The van der Waals surface area contributed by atoms with Crippen LogP contribution in [-0.4, -0.2) is 80.0 Å². The molecule has 0 spiro atoms. The molecule has 1 aromatic rings. The Morgan fingerprint density at radius 1 is 0.896 bits per heavy atom. The number of carbonyl (C=O) groups is 5. The molecule has 0 heterocycles. The largest absolute Gasteiger partial charge is 0.490 e. The van der Waals surface area contributed by atoms with Crippen molar-refractivity contribution in [1.29, 1.82) is 0 Å². The zero-order chi connectivity index (χ0) is 36.0. The number of carboxylic acids is 3. The molecule has 0 radical (unpaired) electrons. The van der Waals surface area contributed by atoms with Gasteiger partial charge in [-0.3, -0.25) is 14.4 Å². The Hall–Kier alpha value is -4.03. The molecule has 3 atom stereocenters. The summed E-state index contributed by atoms with van der Waals surface area (Å²) < 4.78 is 5.55. The molecule has 12 heteroatoms. The van der Waals surface area contributed by atoms with Gasteiger partial charge in [0.05, 0.1) is 18.9 Å². The van der Waals surface area contributed by atoms with Gasteiger partial charge in [0.25, 0.3) is 0 Å². The van der Waals surface area contributed by atoms with Gasteiger partial charge < -0.3 is 35.6 Å². The highest BCUT2D eigenvalue weighted by molar-refractivity contribution is 5.94. The molecule has 0 aliphatic rings. The Kier molecular flexibility index (Phi) is 20.4. The minimum absolute atomic E-state index is 0.0923. The summed E-state index contributed by atoms with van der Waals surface area (Å²) in [7, 11) is 0. The lowest BCUT2D eigenvalue weighted by Gasteiger charge is -2.29. The zero-order valence-electron chi connectivity index (χ0n) is 28.2. The molecule has 1 aromatic carbocycles. The highest BCUT2D eigenvalue weighted by atomic mass is 16.5. The molecule has 0 saturated carbocycles. The lowest BCUT2D eigenvalue weighted by molar-refractivity contribution is -0.172. The van der Waals surface area contributed by atoms with Crippen LogP contribution in [0.3, 0.4) is 0 Å². The second-order valence-electron chi connectivity index (χ2n) is 12.1. The van der Waals surface area contributed by atoms with Crippen molar-refractivity contribution in [3.63, 3.8) is 0 Å². The summed E-state index contributed by atoms with van der Waals surface area (Å²) in [6.45, 7) is 4.02. The van der Waals surface area contributed by atoms with Gasteiger partial charge in [0, 0.05) is 19.3 Å². The monoisotopic (exact) mass is 675 g/mol. The van der Waals surface area contributed by atoms with Gasteiger partial charge in [-0.15, -0.1) is 0 Å². The van der Waals surface area contributed by atoms with Gasteiger partial charge in [-0.1, -0.05) is 69.7 Å². The number of unbranched alkanes of at least 4 members (excludes halogenated alkanes) is 8. The van der Waals surface area contributed by atoms with E-state index in [1.165, 1.54) is 12.5 Å². The molecule has 268 valence electrons. The van der Waals surface area contributed by atoms with Crippen molar-refractivity contribution < 1.29 is 54.2 Å². The SMILES string of the molecule is CCCCCCCC(=O)CCCCCC/C=C/[C@H](C(=O)N[C@@H](Cc1ccc(OC/C=C(\C)CO)cc1)C(=O)O)[C@@](O)(CC(=O)O)C(=O)O. The van der Waals surface area contributed by atoms with Crippen LogP contribution in [0.5, 0.6) is 5.75 Å². The van der Waals surface area contributed by atoms with Crippen molar-refractivity contribution in [2.75, 3.05) is 13.2 Å². The predicted octanol–water partition coefficient (Wildman–Crippen LogP) is 4.85. The van der Waals surface area contributed by atoms with Crippen LogP contribution in [-0.2, 0) is 30.4 Å². The number of ketones is 1. The summed E-state index contributed by atoms with van der Waals surface area (Å²) in [6.07, 6.45) is 12.8. The van der Waals surface area contributed by atoms with E-state index in [1.807, 2.05) is 0 Å². The van der Waals surface area contributed by atoms with Gasteiger partial charge in [0.15, 0.2) is 5.60 Å². The van der Waals surface area contributed by atoms with E-state index in [4.69, 9.17) is 9.84 Å². The molecule has 0 aromatic heterocycles. The molecule has 48 heavy (non-hydrogen) atoms. The third-order valence-electron chi connectivity index (χ3n) is 7.96. The van der Waals surface area contributed by atoms with Crippen LogP contribution in [0.2, 0.25) is 0 Å². The van der Waals surface area contributed by atoms with E-state index in [1.54, 1.807) is 37.3 Å². The average molecular weight is 676 g/mol. The maximum atomic E-state index is 13.3. The molecular formula is C36H53NO11. The standard InChI is InChI=1S/C36H53NO11/c1-3-4-5-8-11-14-28(39)15-12-9-6-7-10-13-16-30(36(47,35(45)46)24-32(40)41)33(42)37-31(34(43)44)23-27-17-19-29(20-18-27)48-22-21-26(2)25-38/h13,16-21,30-31,38,47H,3-12,14-15,22-25H2,1-2H3,(H,37,42)(H,40,41)(H,43,44)(H,45,46)/b16-13+,26-21+/t30-,31+,36+/m1/s1. The number of hydrogen-bond acceptors (Lipinski definition) is 8. The topological polar surface area (TPSA) is 208 Å². The van der Waals surface area contributed by atoms with Crippen LogP contribution >= 0.6 is 0 Å². The third-order valence-corrected chi connectivity index (χ3v) is 7.96. The number of amides is 1. The highest BCUT2D eigenvalue weighted by Gasteiger charge is 2.49. The van der Waals surface area contributed by atoms with Gasteiger partial charge in [-0.2, -0.15) is 0 Å². The molecule has 1 rings (SSSR count). The summed E-state index contributed by atoms with van der Waals surface area (Å²) in [4.78, 5) is 60.9. The Labute approximate surface area is 282 Å². The molecule has 0 fully saturated rings. The summed E-state index contributed by atoms with van der Waals surface area (Å²) in [5.74, 6) is -7.29. The van der Waals surface area contributed by atoms with Gasteiger partial charge >= 0.3 is 17.9 Å². The number of benzene rings is 1. The lowest BCUT2D eigenvalue weighted by atomic mass is 9.82. The second-order valence-corrected chi connectivity index (χ2v) is 12.1. The van der Waals surface area contributed by atoms with Crippen LogP contribution in [0.25, 0.3) is 0 Å². The van der Waals surface area contributed by atoms with E-state index in [-0.39, 0.29) is 25.4 Å². The average Bonchev–Trinajstić information content (AvgIpc) is 3.03. The smallest absolute Gasteiger partial charge is 0.337 e. The first-order valence-electron chi connectivity index (χ1n) is 16.7. The fourth-order valence-corrected chi connectivity index (χ4v) is 5.00. The number of rotatable bonds is 27.